The van der Waals surface area contributed by atoms with Gasteiger partial charge in [-0.2, -0.15) is 0 Å². The van der Waals surface area contributed by atoms with E-state index in [1.807, 2.05) is 13.1 Å². The molecule has 1 fully saturated rings. The van der Waals surface area contributed by atoms with Gasteiger partial charge >= 0.3 is 0 Å². The lowest BCUT2D eigenvalue weighted by atomic mass is 10.1. The molecule has 3 unspecified atom stereocenters. The van der Waals surface area contributed by atoms with Gasteiger partial charge in [-0.15, -0.1) is 0 Å². The molecule has 0 radical (unpaired) electrons. The van der Waals surface area contributed by atoms with Crippen LogP contribution in [0.5, 0.6) is 0 Å². The van der Waals surface area contributed by atoms with Gasteiger partial charge in [-0.1, -0.05) is 13.0 Å². The Morgan fingerprint density at radius 3 is 2.56 bits per heavy atom. The van der Waals surface area contributed by atoms with Crippen LogP contribution in [-0.4, -0.2) is 43.1 Å². The Hall–Kier alpha value is -1.13. The number of hydrogen-bond donors (Lipinski definition) is 1. The molecule has 1 aromatic rings. The molecular formula is C14H24N4. The Labute approximate surface area is 110 Å². The van der Waals surface area contributed by atoms with Crippen molar-refractivity contribution in [2.45, 2.75) is 25.9 Å². The fourth-order valence-corrected chi connectivity index (χ4v) is 2.66. The van der Waals surface area contributed by atoms with Crippen LogP contribution >= 0.6 is 0 Å². The number of aromatic nitrogens is 1. The Kier molecular flexibility index (Phi) is 3.88. The molecule has 0 aliphatic carbocycles. The molecule has 1 aliphatic heterocycles. The van der Waals surface area contributed by atoms with Crippen molar-refractivity contribution in [3.63, 3.8) is 0 Å². The van der Waals surface area contributed by atoms with Gasteiger partial charge in [-0.3, -0.25) is 0 Å². The van der Waals surface area contributed by atoms with Gasteiger partial charge < -0.3 is 15.5 Å². The van der Waals surface area contributed by atoms with Crippen LogP contribution in [0, 0.1) is 5.92 Å². The fraction of sp³-hybridized carbons (Fsp3) is 0.643. The molecule has 100 valence electrons. The Morgan fingerprint density at radius 1 is 1.39 bits per heavy atom. The topological polar surface area (TPSA) is 45.4 Å². The molecule has 0 spiro atoms. The summed E-state index contributed by atoms with van der Waals surface area (Å²) in [6, 6.07) is 4.84. The normalized spacial score (nSPS) is 25.8. The number of nitrogens with two attached hydrogens (primary N) is 1. The molecule has 3 atom stereocenters. The summed E-state index contributed by atoms with van der Waals surface area (Å²) in [7, 11) is 4.30. The first-order chi connectivity index (χ1) is 8.49. The predicted molar refractivity (Wildman–Crippen MR) is 75.7 cm³/mol. The van der Waals surface area contributed by atoms with Crippen molar-refractivity contribution in [3.05, 3.63) is 23.9 Å². The Balaban J connectivity index is 2.09. The molecule has 2 N–H and O–H groups in total. The molecule has 1 saturated heterocycles. The van der Waals surface area contributed by atoms with E-state index in [9.17, 15) is 0 Å². The molecule has 4 nitrogen and oxygen atoms in total. The third kappa shape index (κ3) is 2.65. The molecule has 1 aliphatic rings. The average Bonchev–Trinajstić information content (AvgIpc) is 2.71. The van der Waals surface area contributed by atoms with E-state index in [1.165, 1.54) is 0 Å². The number of nitrogens with zero attached hydrogens (tertiary/aromatic N) is 3. The highest BCUT2D eigenvalue weighted by molar-refractivity contribution is 5.41. The van der Waals surface area contributed by atoms with E-state index >= 15 is 0 Å². The van der Waals surface area contributed by atoms with Crippen LogP contribution in [0.25, 0.3) is 0 Å². The van der Waals surface area contributed by atoms with E-state index in [1.54, 1.807) is 0 Å². The van der Waals surface area contributed by atoms with Crippen molar-refractivity contribution >= 4 is 5.82 Å². The van der Waals surface area contributed by atoms with Crippen molar-refractivity contribution in [2.24, 2.45) is 11.7 Å². The zero-order valence-electron chi connectivity index (χ0n) is 11.8. The quantitative estimate of drug-likeness (QED) is 0.880. The van der Waals surface area contributed by atoms with Gasteiger partial charge in [0, 0.05) is 31.4 Å². The third-order valence-corrected chi connectivity index (χ3v) is 3.86. The lowest BCUT2D eigenvalue weighted by molar-refractivity contribution is 0.266. The number of likely N-dealkylation sites (N-methyl/N-ethyl adjacent to an activating group) is 1. The van der Waals surface area contributed by atoms with Gasteiger partial charge in [0.05, 0.1) is 0 Å². The van der Waals surface area contributed by atoms with E-state index in [4.69, 9.17) is 5.73 Å². The van der Waals surface area contributed by atoms with Gasteiger partial charge in [-0.25, -0.2) is 4.98 Å². The van der Waals surface area contributed by atoms with E-state index in [0.29, 0.717) is 12.0 Å². The molecule has 0 saturated carbocycles. The van der Waals surface area contributed by atoms with Crippen LogP contribution < -0.4 is 10.6 Å². The minimum Gasteiger partial charge on any atom is -0.355 e. The smallest absolute Gasteiger partial charge is 0.128 e. The van der Waals surface area contributed by atoms with Crippen LogP contribution in [0.1, 0.15) is 25.5 Å². The van der Waals surface area contributed by atoms with E-state index < -0.39 is 0 Å². The second-order valence-electron chi connectivity index (χ2n) is 5.65. The number of rotatable bonds is 3. The van der Waals surface area contributed by atoms with Gasteiger partial charge in [0.1, 0.15) is 5.82 Å². The highest BCUT2D eigenvalue weighted by atomic mass is 15.3. The predicted octanol–water partition coefficient (Wildman–Crippen LogP) is 1.49. The van der Waals surface area contributed by atoms with Crippen molar-refractivity contribution in [1.82, 2.24) is 9.88 Å². The number of anilines is 1. The van der Waals surface area contributed by atoms with Crippen molar-refractivity contribution in [3.8, 4) is 0 Å². The Morgan fingerprint density at radius 2 is 2.11 bits per heavy atom. The second-order valence-corrected chi connectivity index (χ2v) is 5.65. The molecule has 1 aromatic heterocycles. The zero-order valence-corrected chi connectivity index (χ0v) is 11.8. The first-order valence-corrected chi connectivity index (χ1v) is 6.62. The summed E-state index contributed by atoms with van der Waals surface area (Å²) in [6.07, 6.45) is 1.90. The van der Waals surface area contributed by atoms with Crippen LogP contribution in [0.2, 0.25) is 0 Å². The van der Waals surface area contributed by atoms with Gasteiger partial charge in [-0.05, 0) is 38.6 Å². The second kappa shape index (κ2) is 5.24. The highest BCUT2D eigenvalue weighted by Crippen LogP contribution is 2.25. The molecule has 0 bridgehead atoms. The van der Waals surface area contributed by atoms with Crippen LogP contribution in [0.4, 0.5) is 5.82 Å². The molecule has 2 heterocycles. The molecule has 18 heavy (non-hydrogen) atoms. The molecular weight excluding hydrogens is 224 g/mol. The summed E-state index contributed by atoms with van der Waals surface area (Å²) in [6.45, 7) is 6.42. The number of hydrogen-bond acceptors (Lipinski definition) is 4. The summed E-state index contributed by atoms with van der Waals surface area (Å²) in [5.41, 5.74) is 6.93. The van der Waals surface area contributed by atoms with E-state index in [-0.39, 0.29) is 6.04 Å². The SMILES string of the molecule is CC(N)c1ccc(N2CC(C)C(N(C)C)C2)nc1. The lowest BCUT2D eigenvalue weighted by Gasteiger charge is -2.22. The minimum absolute atomic E-state index is 0.0542. The third-order valence-electron chi connectivity index (χ3n) is 3.86. The van der Waals surface area contributed by atoms with Gasteiger partial charge in [0.15, 0.2) is 0 Å². The lowest BCUT2D eigenvalue weighted by Crippen LogP contribution is -2.34. The summed E-state index contributed by atoms with van der Waals surface area (Å²) in [5, 5.41) is 0. The van der Waals surface area contributed by atoms with Crippen LogP contribution in [0.15, 0.2) is 18.3 Å². The first kappa shape index (κ1) is 13.3. The van der Waals surface area contributed by atoms with Crippen LogP contribution in [-0.2, 0) is 0 Å². The Bertz CT molecular complexity index is 385. The average molecular weight is 248 g/mol. The number of pyridine rings is 1. The van der Waals surface area contributed by atoms with Crippen molar-refractivity contribution in [1.29, 1.82) is 0 Å². The fourth-order valence-electron chi connectivity index (χ4n) is 2.66. The summed E-state index contributed by atoms with van der Waals surface area (Å²) in [4.78, 5) is 9.21. The van der Waals surface area contributed by atoms with E-state index in [2.05, 4.69) is 47.9 Å². The van der Waals surface area contributed by atoms with E-state index in [0.717, 1.165) is 24.5 Å². The first-order valence-electron chi connectivity index (χ1n) is 6.62. The minimum atomic E-state index is 0.0542. The summed E-state index contributed by atoms with van der Waals surface area (Å²) in [5.74, 6) is 1.74. The standard InChI is InChI=1S/C14H24N4/c1-10-8-18(9-13(10)17(3)4)14-6-5-12(7-16-14)11(2)15/h5-7,10-11,13H,8-9,15H2,1-4H3. The summed E-state index contributed by atoms with van der Waals surface area (Å²) < 4.78 is 0. The monoisotopic (exact) mass is 248 g/mol. The molecule has 4 heteroatoms. The largest absolute Gasteiger partial charge is 0.355 e. The molecule has 0 aromatic carbocycles. The van der Waals surface area contributed by atoms with Gasteiger partial charge in [0.25, 0.3) is 0 Å². The maximum Gasteiger partial charge on any atom is 0.128 e. The molecule has 0 amide bonds. The molecule has 2 rings (SSSR count). The maximum atomic E-state index is 5.84. The maximum absolute atomic E-state index is 5.84. The highest BCUT2D eigenvalue weighted by Gasteiger charge is 2.31. The van der Waals surface area contributed by atoms with Gasteiger partial charge in [0.2, 0.25) is 0 Å². The zero-order chi connectivity index (χ0) is 13.3. The summed E-state index contributed by atoms with van der Waals surface area (Å²) >= 11 is 0. The van der Waals surface area contributed by atoms with Crippen LogP contribution in [0.3, 0.4) is 0 Å². The van der Waals surface area contributed by atoms with Crippen molar-refractivity contribution < 1.29 is 0 Å². The van der Waals surface area contributed by atoms with Crippen molar-refractivity contribution in [2.75, 3.05) is 32.1 Å².